The molecule has 0 spiro atoms. The van der Waals surface area contributed by atoms with Gasteiger partial charge in [-0.3, -0.25) is 0 Å². The van der Waals surface area contributed by atoms with Crippen molar-refractivity contribution < 1.29 is 4.84 Å². The Morgan fingerprint density at radius 3 is 1.62 bits per heavy atom. The van der Waals surface area contributed by atoms with Crippen LogP contribution >= 0.6 is 12.4 Å². The van der Waals surface area contributed by atoms with E-state index >= 15 is 0 Å². The molecular weight excluding hydrogens is 126 g/mol. The van der Waals surface area contributed by atoms with Gasteiger partial charge in [0.1, 0.15) is 0 Å². The molecule has 0 heterocycles. The normalized spacial score (nSPS) is 9.00. The highest BCUT2D eigenvalue weighted by molar-refractivity contribution is 5.85. The molecule has 0 aromatic heterocycles. The summed E-state index contributed by atoms with van der Waals surface area (Å²) in [6.45, 7) is 6.06. The number of hydroxylamine groups is 2. The zero-order valence-corrected chi connectivity index (χ0v) is 6.49. The summed E-state index contributed by atoms with van der Waals surface area (Å²) in [5.41, 5.74) is 0. The lowest BCUT2D eigenvalue weighted by molar-refractivity contribution is -0.123. The zero-order valence-electron chi connectivity index (χ0n) is 5.68. The second-order valence-electron chi connectivity index (χ2n) is 1.30. The van der Waals surface area contributed by atoms with Crippen molar-refractivity contribution in [2.24, 2.45) is 0 Å². The molecule has 52 valence electrons. The van der Waals surface area contributed by atoms with Gasteiger partial charge in [-0.15, -0.1) is 12.4 Å². The Labute approximate surface area is 57.2 Å². The van der Waals surface area contributed by atoms with Crippen molar-refractivity contribution in [2.75, 3.05) is 20.2 Å². The minimum absolute atomic E-state index is 0. The van der Waals surface area contributed by atoms with Gasteiger partial charge in [0.2, 0.25) is 0 Å². The summed E-state index contributed by atoms with van der Waals surface area (Å²) in [5.74, 6) is 0. The molecule has 0 saturated heterocycles. The molecule has 0 rings (SSSR count). The van der Waals surface area contributed by atoms with E-state index in [4.69, 9.17) is 4.84 Å². The molecule has 0 aliphatic rings. The van der Waals surface area contributed by atoms with Crippen LogP contribution in [0.15, 0.2) is 0 Å². The molecule has 0 aliphatic heterocycles. The van der Waals surface area contributed by atoms with Crippen LogP contribution in [0.1, 0.15) is 13.8 Å². The molecule has 0 fully saturated rings. The third-order valence-corrected chi connectivity index (χ3v) is 0.964. The van der Waals surface area contributed by atoms with E-state index in [1.54, 1.807) is 7.11 Å². The van der Waals surface area contributed by atoms with Gasteiger partial charge < -0.3 is 4.84 Å². The summed E-state index contributed by atoms with van der Waals surface area (Å²) in [6.07, 6.45) is 0. The standard InChI is InChI=1S/C5H13NO.ClH/c1-4-6(5-2)7-3;/h4-5H2,1-3H3;1H. The lowest BCUT2D eigenvalue weighted by Crippen LogP contribution is -2.20. The fourth-order valence-corrected chi connectivity index (χ4v) is 0.482. The van der Waals surface area contributed by atoms with Crippen molar-refractivity contribution in [3.8, 4) is 0 Å². The summed E-state index contributed by atoms with van der Waals surface area (Å²) >= 11 is 0. The molecule has 0 amide bonds. The molecule has 8 heavy (non-hydrogen) atoms. The maximum atomic E-state index is 4.88. The molecule has 0 aliphatic carbocycles. The Morgan fingerprint density at radius 2 is 1.62 bits per heavy atom. The zero-order chi connectivity index (χ0) is 5.70. The highest BCUT2D eigenvalue weighted by Crippen LogP contribution is 1.82. The fourth-order valence-electron chi connectivity index (χ4n) is 0.482. The van der Waals surface area contributed by atoms with Crippen molar-refractivity contribution in [3.05, 3.63) is 0 Å². The van der Waals surface area contributed by atoms with E-state index in [9.17, 15) is 0 Å². The summed E-state index contributed by atoms with van der Waals surface area (Å²) < 4.78 is 0. The summed E-state index contributed by atoms with van der Waals surface area (Å²) in [6, 6.07) is 0. The first-order valence-electron chi connectivity index (χ1n) is 2.64. The van der Waals surface area contributed by atoms with Gasteiger partial charge in [0.05, 0.1) is 7.11 Å². The van der Waals surface area contributed by atoms with Gasteiger partial charge in [0, 0.05) is 13.1 Å². The maximum Gasteiger partial charge on any atom is 0.0575 e. The van der Waals surface area contributed by atoms with Crippen LogP contribution in [-0.4, -0.2) is 25.3 Å². The van der Waals surface area contributed by atoms with E-state index in [0.717, 1.165) is 13.1 Å². The molecule has 3 heteroatoms. The van der Waals surface area contributed by atoms with Crippen LogP contribution in [0.5, 0.6) is 0 Å². The van der Waals surface area contributed by atoms with E-state index in [1.807, 2.05) is 5.06 Å². The van der Waals surface area contributed by atoms with Gasteiger partial charge in [-0.2, -0.15) is 5.06 Å². The topological polar surface area (TPSA) is 12.5 Å². The second kappa shape index (κ2) is 7.21. The Bertz CT molecular complexity index is 33.9. The quantitative estimate of drug-likeness (QED) is 0.547. The van der Waals surface area contributed by atoms with E-state index in [1.165, 1.54) is 0 Å². The predicted octanol–water partition coefficient (Wildman–Crippen LogP) is 1.31. The molecule has 0 aromatic rings. The number of nitrogens with zero attached hydrogens (tertiary/aromatic N) is 1. The van der Waals surface area contributed by atoms with Crippen LogP contribution in [0.4, 0.5) is 0 Å². The molecule has 0 bridgehead atoms. The minimum Gasteiger partial charge on any atom is -0.302 e. The van der Waals surface area contributed by atoms with Crippen LogP contribution in [0, 0.1) is 0 Å². The number of halogens is 1. The molecule has 0 aromatic carbocycles. The van der Waals surface area contributed by atoms with Crippen molar-refractivity contribution in [3.63, 3.8) is 0 Å². The molecule has 0 saturated carbocycles. The van der Waals surface area contributed by atoms with Gasteiger partial charge in [0.15, 0.2) is 0 Å². The van der Waals surface area contributed by atoms with Crippen molar-refractivity contribution in [1.29, 1.82) is 0 Å². The molecule has 0 N–H and O–H groups in total. The van der Waals surface area contributed by atoms with Crippen LogP contribution in [0.2, 0.25) is 0 Å². The van der Waals surface area contributed by atoms with E-state index in [0.29, 0.717) is 0 Å². The summed E-state index contributed by atoms with van der Waals surface area (Å²) in [7, 11) is 1.69. The first kappa shape index (κ1) is 11.1. The Hall–Kier alpha value is 0.210. The van der Waals surface area contributed by atoms with E-state index < -0.39 is 0 Å². The fraction of sp³-hybridized carbons (Fsp3) is 1.00. The van der Waals surface area contributed by atoms with Gasteiger partial charge in [-0.1, -0.05) is 13.8 Å². The van der Waals surface area contributed by atoms with Crippen molar-refractivity contribution in [2.45, 2.75) is 13.8 Å². The third-order valence-electron chi connectivity index (χ3n) is 0.964. The SMILES string of the molecule is CCN(CC)OC.Cl. The van der Waals surface area contributed by atoms with Crippen LogP contribution in [0.3, 0.4) is 0 Å². The van der Waals surface area contributed by atoms with Crippen LogP contribution in [-0.2, 0) is 4.84 Å². The first-order chi connectivity index (χ1) is 3.35. The monoisotopic (exact) mass is 139 g/mol. The highest BCUT2D eigenvalue weighted by atomic mass is 35.5. The Morgan fingerprint density at radius 1 is 1.25 bits per heavy atom. The number of hydrogen-bond donors (Lipinski definition) is 0. The highest BCUT2D eigenvalue weighted by Gasteiger charge is 1.89. The lowest BCUT2D eigenvalue weighted by Gasteiger charge is -2.12. The maximum absolute atomic E-state index is 4.88. The summed E-state index contributed by atoms with van der Waals surface area (Å²) in [4.78, 5) is 4.88. The van der Waals surface area contributed by atoms with Gasteiger partial charge in [0.25, 0.3) is 0 Å². The van der Waals surface area contributed by atoms with Crippen LogP contribution in [0.25, 0.3) is 0 Å². The molecule has 0 unspecified atom stereocenters. The lowest BCUT2D eigenvalue weighted by atomic mass is 10.6. The van der Waals surface area contributed by atoms with E-state index in [-0.39, 0.29) is 12.4 Å². The van der Waals surface area contributed by atoms with Gasteiger partial charge in [-0.25, -0.2) is 0 Å². The van der Waals surface area contributed by atoms with E-state index in [2.05, 4.69) is 13.8 Å². The average Bonchev–Trinajstić information content (AvgIpc) is 1.72. The molecule has 2 nitrogen and oxygen atoms in total. The van der Waals surface area contributed by atoms with Crippen molar-refractivity contribution >= 4 is 12.4 Å². The van der Waals surface area contributed by atoms with Crippen LogP contribution < -0.4 is 0 Å². The second-order valence-corrected chi connectivity index (χ2v) is 1.30. The van der Waals surface area contributed by atoms with Crippen molar-refractivity contribution in [1.82, 2.24) is 5.06 Å². The largest absolute Gasteiger partial charge is 0.302 e. The summed E-state index contributed by atoms with van der Waals surface area (Å²) in [5, 5.41) is 1.88. The number of hydrogen-bond acceptors (Lipinski definition) is 2. The molecule has 0 radical (unpaired) electrons. The predicted molar refractivity (Wildman–Crippen MR) is 37.2 cm³/mol. The molecule has 0 atom stereocenters. The third kappa shape index (κ3) is 4.37. The molecular formula is C5H14ClNO. The average molecular weight is 140 g/mol. The Kier molecular flexibility index (Phi) is 9.97. The van der Waals surface area contributed by atoms with Gasteiger partial charge in [-0.05, 0) is 0 Å². The smallest absolute Gasteiger partial charge is 0.0575 e. The van der Waals surface area contributed by atoms with Gasteiger partial charge >= 0.3 is 0 Å². The number of rotatable bonds is 3. The minimum atomic E-state index is 0. The Balaban J connectivity index is 0. The first-order valence-corrected chi connectivity index (χ1v) is 2.64.